The quantitative estimate of drug-likeness (QED) is 0.124. The Labute approximate surface area is 311 Å². The number of esters is 2. The van der Waals surface area contributed by atoms with Gasteiger partial charge in [0.1, 0.15) is 40.5 Å². The minimum atomic E-state index is -2.15. The number of ether oxygens (including phenoxy) is 4. The molecule has 6 heterocycles. The fourth-order valence-corrected chi connectivity index (χ4v) is 7.59. The van der Waals surface area contributed by atoms with Crippen molar-refractivity contribution in [1.82, 2.24) is 0 Å². The summed E-state index contributed by atoms with van der Waals surface area (Å²) >= 11 is 0. The minimum absolute atomic E-state index is 0.0103. The van der Waals surface area contributed by atoms with Crippen molar-refractivity contribution in [3.05, 3.63) is 69.2 Å². The Balaban J connectivity index is 1.80. The van der Waals surface area contributed by atoms with Crippen LogP contribution in [0.15, 0.2) is 52.5 Å². The van der Waals surface area contributed by atoms with Crippen LogP contribution in [0.4, 0.5) is 5.69 Å². The molecule has 6 aliphatic heterocycles. The molecule has 1 aliphatic carbocycles. The summed E-state index contributed by atoms with van der Waals surface area (Å²) in [5.74, 6) is -7.85. The lowest BCUT2D eigenvalue weighted by molar-refractivity contribution is -0.211. The highest BCUT2D eigenvalue weighted by atomic mass is 16.7. The van der Waals surface area contributed by atoms with Gasteiger partial charge >= 0.3 is 11.9 Å². The Morgan fingerprint density at radius 3 is 2.15 bits per heavy atom. The lowest BCUT2D eigenvalue weighted by Gasteiger charge is -2.45. The summed E-state index contributed by atoms with van der Waals surface area (Å²) in [6, 6.07) is 0. The van der Waals surface area contributed by atoms with Crippen LogP contribution in [0, 0.1) is 24.7 Å². The number of carbonyl (C=O) groups excluding carboxylic acids is 4. The van der Waals surface area contributed by atoms with Gasteiger partial charge in [-0.15, -0.1) is 0 Å². The van der Waals surface area contributed by atoms with E-state index in [1.165, 1.54) is 79.7 Å². The van der Waals surface area contributed by atoms with E-state index >= 15 is 0 Å². The maximum absolute atomic E-state index is 13.9. The maximum atomic E-state index is 13.9. The summed E-state index contributed by atoms with van der Waals surface area (Å²) in [4.78, 5) is 53.3. The second-order valence-electron chi connectivity index (χ2n) is 14.9. The number of hydrogen-bond acceptors (Lipinski definition) is 14. The largest absolute Gasteiger partial charge is 0.505 e. The number of carbonyl (C=O) groups is 4. The van der Waals surface area contributed by atoms with Crippen molar-refractivity contribution in [3.8, 4) is 11.5 Å². The first-order valence-electron chi connectivity index (χ1n) is 17.4. The Kier molecular flexibility index (Phi) is 10.8. The first kappa shape index (κ1) is 40.4. The minimum Gasteiger partial charge on any atom is -0.505 e. The van der Waals surface area contributed by atoms with Crippen LogP contribution in [0.2, 0.25) is 0 Å². The Morgan fingerprint density at radius 2 is 1.52 bits per heavy atom. The van der Waals surface area contributed by atoms with Crippen molar-refractivity contribution in [2.24, 2.45) is 17.8 Å². The molecule has 7 aliphatic rings. The second kappa shape index (κ2) is 14.5. The van der Waals surface area contributed by atoms with Gasteiger partial charge < -0.3 is 54.9 Å². The van der Waals surface area contributed by atoms with Gasteiger partial charge in [-0.3, -0.25) is 19.2 Å². The molecule has 0 saturated carbocycles. The number of allylic oxidation sites excluding steroid dienone is 5. The number of aromatic hydroxyl groups is 1. The second-order valence-corrected chi connectivity index (χ2v) is 14.9. The summed E-state index contributed by atoms with van der Waals surface area (Å²) in [7, 11) is 0. The molecule has 292 valence electrons. The highest BCUT2D eigenvalue weighted by molar-refractivity contribution is 6.21. The van der Waals surface area contributed by atoms with Crippen LogP contribution < -0.4 is 10.1 Å². The predicted molar refractivity (Wildman–Crippen MR) is 191 cm³/mol. The summed E-state index contributed by atoms with van der Waals surface area (Å²) in [6.07, 6.45) is -1.21. The van der Waals surface area contributed by atoms with Gasteiger partial charge in [0.2, 0.25) is 6.79 Å². The van der Waals surface area contributed by atoms with Crippen LogP contribution in [0.3, 0.4) is 0 Å². The number of aliphatic hydroxyl groups excluding tert-OH is 3. The highest BCUT2D eigenvalue weighted by Gasteiger charge is 2.53. The van der Waals surface area contributed by atoms with Crippen LogP contribution in [0.5, 0.6) is 11.5 Å². The lowest BCUT2D eigenvalue weighted by atomic mass is 9.73. The van der Waals surface area contributed by atoms with Crippen LogP contribution in [0.25, 0.3) is 5.57 Å². The molecule has 8 rings (SSSR count). The van der Waals surface area contributed by atoms with Gasteiger partial charge in [0, 0.05) is 41.0 Å². The number of anilines is 1. The fraction of sp³-hybridized carbons (Fsp3) is 0.487. The monoisotopic (exact) mass is 753 g/mol. The van der Waals surface area contributed by atoms with Crippen molar-refractivity contribution < 1.29 is 68.8 Å². The molecule has 0 radical (unpaired) electrons. The van der Waals surface area contributed by atoms with E-state index in [2.05, 4.69) is 5.32 Å². The molecule has 0 spiro atoms. The summed E-state index contributed by atoms with van der Waals surface area (Å²) < 4.78 is 22.9. The van der Waals surface area contributed by atoms with Crippen molar-refractivity contribution in [3.63, 3.8) is 0 Å². The van der Waals surface area contributed by atoms with E-state index in [1.807, 2.05) is 0 Å². The van der Waals surface area contributed by atoms with Gasteiger partial charge in [-0.25, -0.2) is 0 Å². The predicted octanol–water partition coefficient (Wildman–Crippen LogP) is 2.61. The molecule has 0 unspecified atom stereocenters. The molecule has 1 aromatic carbocycles. The average Bonchev–Trinajstić information content (AvgIpc) is 3.09. The SMILES string of the molecule is CC(=O)Oc1c(C)c2c(O)c3c1C1=C(OCOC1=C(C)C3=O)/C(C)=C/[C@@](C)(O)[C@H](O)[C@@H](C)[C@@H](O)[C@H]1C(=O)O[C@@H]([C@@H](C)[C@@H]1O)[C@@](C)(O)/C=C\C=C(/C)C(=O)N2. The van der Waals surface area contributed by atoms with Crippen LogP contribution in [0.1, 0.15) is 76.9 Å². The van der Waals surface area contributed by atoms with E-state index in [-0.39, 0.29) is 61.9 Å². The van der Waals surface area contributed by atoms with Gasteiger partial charge in [0.05, 0.1) is 35.1 Å². The smallest absolute Gasteiger partial charge is 0.314 e. The zero-order chi connectivity index (χ0) is 40.4. The van der Waals surface area contributed by atoms with E-state index in [9.17, 15) is 49.8 Å². The number of amides is 1. The van der Waals surface area contributed by atoms with E-state index in [0.717, 1.165) is 6.92 Å². The van der Waals surface area contributed by atoms with Crippen molar-refractivity contribution >= 4 is 34.9 Å². The van der Waals surface area contributed by atoms with Crippen LogP contribution in [-0.4, -0.2) is 96.7 Å². The molecule has 1 saturated heterocycles. The lowest BCUT2D eigenvalue weighted by Crippen LogP contribution is -2.60. The molecule has 7 N–H and O–H groups in total. The average molecular weight is 754 g/mol. The molecule has 15 heteroatoms. The Morgan fingerprint density at radius 1 is 0.907 bits per heavy atom. The van der Waals surface area contributed by atoms with Crippen molar-refractivity contribution in [2.75, 3.05) is 12.1 Å². The number of Topliss-reactive ketones (excluding diaryl/α,β-unsaturated/α-hetero) is 1. The molecule has 54 heavy (non-hydrogen) atoms. The summed E-state index contributed by atoms with van der Waals surface area (Å²) in [6.45, 7) is 12.1. The van der Waals surface area contributed by atoms with E-state index in [4.69, 9.17) is 18.9 Å². The van der Waals surface area contributed by atoms with Gasteiger partial charge in [0.15, 0.2) is 11.5 Å². The summed E-state index contributed by atoms with van der Waals surface area (Å²) in [5.41, 5.74) is -4.31. The molecule has 6 bridgehead atoms. The highest BCUT2D eigenvalue weighted by Crippen LogP contribution is 2.53. The molecule has 1 aromatic rings. The molecule has 15 nitrogen and oxygen atoms in total. The number of hydrogen-bond donors (Lipinski definition) is 7. The topological polar surface area (TPSA) is 239 Å². The van der Waals surface area contributed by atoms with Gasteiger partial charge in [0.25, 0.3) is 5.91 Å². The standard InChI is InChI=1S/C39H47NO14/c1-15-11-10-12-38(8,49)35-20(6)29(44)25(37(48)54-35)28(43)19(5)34(46)39(9,50)13-16(2)31-24-22-23(27(42)18(4)32(24)52-14-51-31)30(45)26(40-36(15)47)17(3)33(22)53-21(7)41/h10-13,19-20,25,28-29,34-35,43-46,49-50H,14H2,1-9H3,(H,40,47)/b12-10-,15-11+,16-13+/t19-,20-,25+,28+,29-,34+,35-,38-,39+/m0/s1. The molecule has 1 fully saturated rings. The van der Waals surface area contributed by atoms with Crippen molar-refractivity contribution in [1.29, 1.82) is 0 Å². The van der Waals surface area contributed by atoms with E-state index < -0.39 is 89.5 Å². The number of nitrogens with one attached hydrogen (secondary N) is 1. The zero-order valence-corrected chi connectivity index (χ0v) is 31.5. The van der Waals surface area contributed by atoms with Crippen molar-refractivity contribution in [2.45, 2.75) is 97.9 Å². The number of rotatable bonds is 1. The molecule has 1 amide bonds. The van der Waals surface area contributed by atoms with Gasteiger partial charge in [-0.1, -0.05) is 26.0 Å². The first-order valence-corrected chi connectivity index (χ1v) is 17.4. The summed E-state index contributed by atoms with van der Waals surface area (Å²) in [5, 5.41) is 71.6. The van der Waals surface area contributed by atoms with Crippen LogP contribution >= 0.6 is 0 Å². The third-order valence-electron chi connectivity index (χ3n) is 10.7. The fourth-order valence-electron chi connectivity index (χ4n) is 7.59. The molecular weight excluding hydrogens is 706 g/mol. The van der Waals surface area contributed by atoms with Gasteiger partial charge in [-0.2, -0.15) is 0 Å². The number of benzene rings is 1. The number of phenolic OH excluding ortho intramolecular Hbond substituents is 1. The van der Waals surface area contributed by atoms with E-state index in [0.29, 0.717) is 0 Å². The molecule has 9 atom stereocenters. The van der Waals surface area contributed by atoms with E-state index in [1.54, 1.807) is 0 Å². The van der Waals surface area contributed by atoms with Gasteiger partial charge in [-0.05, 0) is 59.3 Å². The normalized spacial score (nSPS) is 35.9. The Bertz CT molecular complexity index is 1960. The zero-order valence-electron chi connectivity index (χ0n) is 31.5. The third-order valence-corrected chi connectivity index (χ3v) is 10.7. The molecular formula is C39H47NO14. The maximum Gasteiger partial charge on any atom is 0.314 e. The molecule has 0 aromatic heterocycles. The number of phenols is 1. The number of aliphatic hydroxyl groups is 5. The number of ketones is 1. The Hall–Kier alpha value is -4.80. The first-order chi connectivity index (χ1) is 25.0. The van der Waals surface area contributed by atoms with Crippen LogP contribution in [-0.2, 0) is 28.6 Å². The third kappa shape index (κ3) is 6.86.